The minimum Gasteiger partial charge on any atom is -0.246 e. The molecule has 9 rings (SSSR count). The zero-order chi connectivity index (χ0) is 29.0. The van der Waals surface area contributed by atoms with Gasteiger partial charge in [-0.3, -0.25) is 0 Å². The highest BCUT2D eigenvalue weighted by molar-refractivity contribution is 6.21. The monoisotopic (exact) mass is 559 g/mol. The molecule has 0 aliphatic heterocycles. The van der Waals surface area contributed by atoms with Gasteiger partial charge in [0.2, 0.25) is 0 Å². The molecule has 3 nitrogen and oxygen atoms in total. The smallest absolute Gasteiger partial charge is 0.160 e. The van der Waals surface area contributed by atoms with Crippen molar-refractivity contribution in [1.29, 1.82) is 0 Å². The van der Waals surface area contributed by atoms with Gasteiger partial charge < -0.3 is 0 Å². The van der Waals surface area contributed by atoms with Gasteiger partial charge in [0, 0.05) is 43.6 Å². The number of hydrogen-bond acceptors (Lipinski definition) is 3. The molecule has 0 aliphatic carbocycles. The summed E-state index contributed by atoms with van der Waals surface area (Å²) in [5.41, 5.74) is 8.24. The van der Waals surface area contributed by atoms with E-state index >= 15 is 0 Å². The molecular weight excluding hydrogens is 534 g/mol. The van der Waals surface area contributed by atoms with Crippen molar-refractivity contribution in [3.05, 3.63) is 152 Å². The summed E-state index contributed by atoms with van der Waals surface area (Å²) in [6, 6.07) is 53.2. The van der Waals surface area contributed by atoms with E-state index in [0.29, 0.717) is 5.82 Å². The normalized spacial score (nSPS) is 11.6. The number of fused-ring (bicyclic) bond motifs is 7. The Balaban J connectivity index is 1.34. The maximum Gasteiger partial charge on any atom is 0.160 e. The third kappa shape index (κ3) is 3.87. The number of para-hydroxylation sites is 1. The van der Waals surface area contributed by atoms with Crippen LogP contribution in [0.3, 0.4) is 0 Å². The molecule has 2 aromatic heterocycles. The number of pyridine rings is 1. The van der Waals surface area contributed by atoms with Crippen LogP contribution in [0, 0.1) is 0 Å². The van der Waals surface area contributed by atoms with Gasteiger partial charge >= 0.3 is 0 Å². The fourth-order valence-electron chi connectivity index (χ4n) is 6.56. The molecule has 0 spiro atoms. The zero-order valence-corrected chi connectivity index (χ0v) is 23.8. The molecule has 0 saturated heterocycles. The molecule has 0 atom stereocenters. The summed E-state index contributed by atoms with van der Waals surface area (Å²) in [6.45, 7) is 0. The summed E-state index contributed by atoms with van der Waals surface area (Å²) in [4.78, 5) is 15.6. The maximum atomic E-state index is 5.36. The van der Waals surface area contributed by atoms with Gasteiger partial charge in [0.15, 0.2) is 5.82 Å². The predicted molar refractivity (Wildman–Crippen MR) is 184 cm³/mol. The molecule has 0 radical (unpaired) electrons. The van der Waals surface area contributed by atoms with Crippen LogP contribution in [0.2, 0.25) is 0 Å². The van der Waals surface area contributed by atoms with Crippen molar-refractivity contribution in [3.8, 4) is 33.8 Å². The largest absolute Gasteiger partial charge is 0.246 e. The molecule has 44 heavy (non-hydrogen) atoms. The summed E-state index contributed by atoms with van der Waals surface area (Å²) < 4.78 is 0. The Morgan fingerprint density at radius 2 is 0.909 bits per heavy atom. The highest BCUT2D eigenvalue weighted by atomic mass is 14.9. The first-order valence-electron chi connectivity index (χ1n) is 14.9. The van der Waals surface area contributed by atoms with Gasteiger partial charge in [-0.05, 0) is 28.5 Å². The van der Waals surface area contributed by atoms with Gasteiger partial charge in [0.05, 0.1) is 22.2 Å². The first-order chi connectivity index (χ1) is 21.8. The molecule has 0 N–H and O–H groups in total. The second-order valence-electron chi connectivity index (χ2n) is 11.2. The number of nitrogens with zero attached hydrogens (tertiary/aromatic N) is 3. The lowest BCUT2D eigenvalue weighted by atomic mass is 9.91. The molecular formula is C41H25N3. The van der Waals surface area contributed by atoms with Crippen LogP contribution in [-0.2, 0) is 0 Å². The predicted octanol–water partition coefficient (Wildman–Crippen LogP) is 10.6. The summed E-state index contributed by atoms with van der Waals surface area (Å²) in [7, 11) is 0. The Bertz CT molecular complexity index is 2460. The fourth-order valence-corrected chi connectivity index (χ4v) is 6.56. The summed E-state index contributed by atoms with van der Waals surface area (Å²) in [6.07, 6.45) is 0. The number of hydrogen-bond donors (Lipinski definition) is 0. The van der Waals surface area contributed by atoms with Crippen molar-refractivity contribution in [2.45, 2.75) is 0 Å². The van der Waals surface area contributed by atoms with Crippen molar-refractivity contribution >= 4 is 54.3 Å². The van der Waals surface area contributed by atoms with E-state index in [4.69, 9.17) is 15.0 Å². The van der Waals surface area contributed by atoms with E-state index in [2.05, 4.69) is 133 Å². The van der Waals surface area contributed by atoms with Gasteiger partial charge in [0.25, 0.3) is 0 Å². The van der Waals surface area contributed by atoms with Crippen molar-refractivity contribution < 1.29 is 0 Å². The van der Waals surface area contributed by atoms with Gasteiger partial charge in [-0.15, -0.1) is 0 Å². The lowest BCUT2D eigenvalue weighted by Crippen LogP contribution is -1.96. The summed E-state index contributed by atoms with van der Waals surface area (Å²) in [5, 5.41) is 7.99. The van der Waals surface area contributed by atoms with E-state index in [1.54, 1.807) is 0 Å². The third-order valence-corrected chi connectivity index (χ3v) is 8.62. The molecule has 2 heterocycles. The Morgan fingerprint density at radius 1 is 0.341 bits per heavy atom. The van der Waals surface area contributed by atoms with Crippen molar-refractivity contribution in [3.63, 3.8) is 0 Å². The third-order valence-electron chi connectivity index (χ3n) is 8.62. The van der Waals surface area contributed by atoms with Gasteiger partial charge in [-0.25, -0.2) is 15.0 Å². The number of aromatic nitrogens is 3. The average Bonchev–Trinajstić information content (AvgIpc) is 3.10. The summed E-state index contributed by atoms with van der Waals surface area (Å²) in [5.74, 6) is 0.711. The molecule has 9 aromatic rings. The molecule has 0 bridgehead atoms. The molecule has 0 saturated carbocycles. The highest BCUT2D eigenvalue weighted by Gasteiger charge is 2.17. The van der Waals surface area contributed by atoms with Crippen LogP contribution in [0.1, 0.15) is 0 Å². The van der Waals surface area contributed by atoms with Gasteiger partial charge in [-0.1, -0.05) is 140 Å². The quantitative estimate of drug-likeness (QED) is 0.160. The van der Waals surface area contributed by atoms with E-state index in [0.717, 1.165) is 65.9 Å². The second kappa shape index (κ2) is 9.82. The number of benzene rings is 7. The van der Waals surface area contributed by atoms with E-state index < -0.39 is 0 Å². The van der Waals surface area contributed by atoms with Crippen LogP contribution in [0.15, 0.2) is 152 Å². The van der Waals surface area contributed by atoms with Crippen molar-refractivity contribution in [2.75, 3.05) is 0 Å². The Labute approximate surface area is 254 Å². The molecule has 3 heteroatoms. The highest BCUT2D eigenvalue weighted by Crippen LogP contribution is 2.41. The molecule has 0 amide bonds. The SMILES string of the molecule is c1ccc(-c2nc(-c3cccc(-c4c5ccc6ccccc6c5nc5c4ccc4ccccc45)c3)nc3ccccc23)cc1. The Morgan fingerprint density at radius 3 is 1.61 bits per heavy atom. The molecule has 0 aliphatic rings. The zero-order valence-electron chi connectivity index (χ0n) is 23.8. The van der Waals surface area contributed by atoms with Crippen LogP contribution >= 0.6 is 0 Å². The standard InChI is InChI=1S/C41H25N3/c1-2-13-28(14-3-1)38-33-19-8-9-20-36(33)42-41(44-38)30-16-10-15-29(25-30)37-34-23-21-26-11-4-6-17-31(26)39(34)43-40-32-18-7-5-12-27(32)22-24-35(37)40/h1-25H. The second-order valence-corrected chi connectivity index (χ2v) is 11.2. The van der Waals surface area contributed by atoms with Crippen LogP contribution in [0.25, 0.3) is 88.0 Å². The molecule has 204 valence electrons. The summed E-state index contributed by atoms with van der Waals surface area (Å²) >= 11 is 0. The lowest BCUT2D eigenvalue weighted by Gasteiger charge is -2.15. The molecule has 7 aromatic carbocycles. The Hall–Kier alpha value is -5.93. The van der Waals surface area contributed by atoms with Crippen molar-refractivity contribution in [2.24, 2.45) is 0 Å². The molecule has 0 unspecified atom stereocenters. The van der Waals surface area contributed by atoms with E-state index in [1.165, 1.54) is 16.3 Å². The lowest BCUT2D eigenvalue weighted by molar-refractivity contribution is 1.23. The first kappa shape index (κ1) is 24.6. The minimum absolute atomic E-state index is 0.711. The van der Waals surface area contributed by atoms with E-state index in [-0.39, 0.29) is 0 Å². The topological polar surface area (TPSA) is 38.7 Å². The fraction of sp³-hybridized carbons (Fsp3) is 0. The number of rotatable bonds is 3. The van der Waals surface area contributed by atoms with Crippen LogP contribution in [0.4, 0.5) is 0 Å². The Kier molecular flexibility index (Phi) is 5.50. The van der Waals surface area contributed by atoms with Crippen LogP contribution in [0.5, 0.6) is 0 Å². The van der Waals surface area contributed by atoms with E-state index in [1.807, 2.05) is 18.2 Å². The maximum absolute atomic E-state index is 5.36. The van der Waals surface area contributed by atoms with Crippen LogP contribution < -0.4 is 0 Å². The minimum atomic E-state index is 0.711. The average molecular weight is 560 g/mol. The first-order valence-corrected chi connectivity index (χ1v) is 14.9. The van der Waals surface area contributed by atoms with Crippen molar-refractivity contribution in [1.82, 2.24) is 15.0 Å². The van der Waals surface area contributed by atoms with Crippen LogP contribution in [-0.4, -0.2) is 15.0 Å². The van der Waals surface area contributed by atoms with Gasteiger partial charge in [-0.2, -0.15) is 0 Å². The van der Waals surface area contributed by atoms with Gasteiger partial charge in [0.1, 0.15) is 0 Å². The molecule has 0 fully saturated rings. The van der Waals surface area contributed by atoms with E-state index in [9.17, 15) is 0 Å².